The SMILES string of the molecule is CN=C(NCc1nc(C)cs1)NCc1nc(C(C)(C)C)cs1. The largest absolute Gasteiger partial charge is 0.350 e. The van der Waals surface area contributed by atoms with Gasteiger partial charge in [-0.15, -0.1) is 22.7 Å². The van der Waals surface area contributed by atoms with Crippen molar-refractivity contribution in [2.24, 2.45) is 4.99 Å². The first-order valence-electron chi connectivity index (χ1n) is 7.19. The number of nitrogens with one attached hydrogen (secondary N) is 2. The average Bonchev–Trinajstić information content (AvgIpc) is 3.07. The molecule has 0 unspecified atom stereocenters. The first-order valence-corrected chi connectivity index (χ1v) is 8.95. The van der Waals surface area contributed by atoms with Gasteiger partial charge in [-0.2, -0.15) is 0 Å². The molecular weight excluding hydrogens is 314 g/mol. The van der Waals surface area contributed by atoms with Crippen molar-refractivity contribution in [3.05, 3.63) is 32.2 Å². The Hall–Kier alpha value is -1.47. The van der Waals surface area contributed by atoms with Crippen LogP contribution in [-0.2, 0) is 18.5 Å². The predicted molar refractivity (Wildman–Crippen MR) is 94.7 cm³/mol. The maximum absolute atomic E-state index is 4.67. The standard InChI is InChI=1S/C15H23N5S2/c1-10-8-21-12(19-10)6-17-14(16-5)18-7-13-20-11(9-22-13)15(2,3)4/h8-9H,6-7H2,1-5H3,(H2,16,17,18). The van der Waals surface area contributed by atoms with Gasteiger partial charge >= 0.3 is 0 Å². The predicted octanol–water partition coefficient (Wildman–Crippen LogP) is 3.07. The smallest absolute Gasteiger partial charge is 0.191 e. The Morgan fingerprint density at radius 1 is 1.09 bits per heavy atom. The normalized spacial score (nSPS) is 12.5. The summed E-state index contributed by atoms with van der Waals surface area (Å²) in [5.41, 5.74) is 2.29. The van der Waals surface area contributed by atoms with Crippen LogP contribution in [0.15, 0.2) is 15.8 Å². The molecule has 0 atom stereocenters. The van der Waals surface area contributed by atoms with Crippen LogP contribution in [0.2, 0.25) is 0 Å². The van der Waals surface area contributed by atoms with E-state index in [1.54, 1.807) is 29.7 Å². The lowest BCUT2D eigenvalue weighted by molar-refractivity contribution is 0.570. The van der Waals surface area contributed by atoms with Gasteiger partial charge in [0.1, 0.15) is 10.0 Å². The number of aromatic nitrogens is 2. The Kier molecular flexibility index (Phi) is 5.52. The van der Waals surface area contributed by atoms with Gasteiger partial charge in [0.2, 0.25) is 0 Å². The van der Waals surface area contributed by atoms with Crippen molar-refractivity contribution in [3.63, 3.8) is 0 Å². The summed E-state index contributed by atoms with van der Waals surface area (Å²) in [5.74, 6) is 0.764. The van der Waals surface area contributed by atoms with Gasteiger partial charge in [-0.05, 0) is 6.92 Å². The topological polar surface area (TPSA) is 62.2 Å². The van der Waals surface area contributed by atoms with Crippen LogP contribution < -0.4 is 10.6 Å². The Labute approximate surface area is 139 Å². The average molecular weight is 338 g/mol. The van der Waals surface area contributed by atoms with Crippen LogP contribution in [0.25, 0.3) is 0 Å². The van der Waals surface area contributed by atoms with Gasteiger partial charge in [0.15, 0.2) is 5.96 Å². The molecule has 0 bridgehead atoms. The number of hydrogen-bond acceptors (Lipinski definition) is 5. The van der Waals surface area contributed by atoms with Gasteiger partial charge in [-0.3, -0.25) is 4.99 Å². The summed E-state index contributed by atoms with van der Waals surface area (Å²) >= 11 is 3.34. The molecule has 0 saturated heterocycles. The summed E-state index contributed by atoms with van der Waals surface area (Å²) < 4.78 is 0. The lowest BCUT2D eigenvalue weighted by atomic mass is 9.93. The fraction of sp³-hybridized carbons (Fsp3) is 0.533. The van der Waals surface area contributed by atoms with Crippen LogP contribution in [0.3, 0.4) is 0 Å². The van der Waals surface area contributed by atoms with E-state index in [-0.39, 0.29) is 5.41 Å². The Bertz CT molecular complexity index is 636. The van der Waals surface area contributed by atoms with Gasteiger partial charge in [0, 0.05) is 28.9 Å². The molecule has 2 N–H and O–H groups in total. The summed E-state index contributed by atoms with van der Waals surface area (Å²) in [5, 5.41) is 12.9. The molecular formula is C15H23N5S2. The molecule has 7 heteroatoms. The molecule has 2 aromatic heterocycles. The van der Waals surface area contributed by atoms with E-state index in [1.165, 1.54) is 0 Å². The van der Waals surface area contributed by atoms with Crippen molar-refractivity contribution in [3.8, 4) is 0 Å². The molecule has 0 saturated carbocycles. The minimum absolute atomic E-state index is 0.0946. The van der Waals surface area contributed by atoms with Gasteiger partial charge in [-0.1, -0.05) is 20.8 Å². The number of aryl methyl sites for hydroxylation is 1. The maximum atomic E-state index is 4.67. The molecule has 0 radical (unpaired) electrons. The lowest BCUT2D eigenvalue weighted by Gasteiger charge is -2.14. The highest BCUT2D eigenvalue weighted by Crippen LogP contribution is 2.23. The number of nitrogens with zero attached hydrogens (tertiary/aromatic N) is 3. The van der Waals surface area contributed by atoms with E-state index in [0.717, 1.165) is 27.4 Å². The molecule has 2 heterocycles. The fourth-order valence-electron chi connectivity index (χ4n) is 1.76. The van der Waals surface area contributed by atoms with Crippen molar-refractivity contribution >= 4 is 28.6 Å². The molecule has 0 amide bonds. The second kappa shape index (κ2) is 7.19. The monoisotopic (exact) mass is 337 g/mol. The van der Waals surface area contributed by atoms with Gasteiger partial charge in [0.25, 0.3) is 0 Å². The van der Waals surface area contributed by atoms with Gasteiger partial charge < -0.3 is 10.6 Å². The highest BCUT2D eigenvalue weighted by molar-refractivity contribution is 7.09. The molecule has 0 aliphatic carbocycles. The van der Waals surface area contributed by atoms with Crippen molar-refractivity contribution in [2.75, 3.05) is 7.05 Å². The van der Waals surface area contributed by atoms with Gasteiger partial charge in [-0.25, -0.2) is 9.97 Å². The van der Waals surface area contributed by atoms with Crippen molar-refractivity contribution in [1.29, 1.82) is 0 Å². The minimum Gasteiger partial charge on any atom is -0.350 e. The highest BCUT2D eigenvalue weighted by atomic mass is 32.1. The van der Waals surface area contributed by atoms with Crippen LogP contribution in [-0.4, -0.2) is 23.0 Å². The van der Waals surface area contributed by atoms with E-state index in [9.17, 15) is 0 Å². The fourth-order valence-corrected chi connectivity index (χ4v) is 3.43. The first kappa shape index (κ1) is 16.9. The maximum Gasteiger partial charge on any atom is 0.191 e. The molecule has 2 aromatic rings. The number of rotatable bonds is 4. The number of guanidine groups is 1. The van der Waals surface area contributed by atoms with E-state index in [0.29, 0.717) is 13.1 Å². The third-order valence-corrected chi connectivity index (χ3v) is 4.84. The zero-order valence-corrected chi connectivity index (χ0v) is 15.4. The molecule has 120 valence electrons. The third-order valence-electron chi connectivity index (χ3n) is 3.02. The van der Waals surface area contributed by atoms with Crippen LogP contribution in [0.5, 0.6) is 0 Å². The van der Waals surface area contributed by atoms with Crippen molar-refractivity contribution < 1.29 is 0 Å². The molecule has 0 aromatic carbocycles. The molecule has 0 aliphatic rings. The molecule has 0 fully saturated rings. The molecule has 2 rings (SSSR count). The third kappa shape index (κ3) is 4.78. The van der Waals surface area contributed by atoms with Crippen LogP contribution in [0, 0.1) is 6.92 Å². The van der Waals surface area contributed by atoms with E-state index in [1.807, 2.05) is 6.92 Å². The summed E-state index contributed by atoms with van der Waals surface area (Å²) in [6.45, 7) is 9.89. The Balaban J connectivity index is 1.85. The van der Waals surface area contributed by atoms with E-state index >= 15 is 0 Å². The van der Waals surface area contributed by atoms with Crippen LogP contribution >= 0.6 is 22.7 Å². The highest BCUT2D eigenvalue weighted by Gasteiger charge is 2.17. The number of aliphatic imine (C=N–C) groups is 1. The molecule has 5 nitrogen and oxygen atoms in total. The summed E-state index contributed by atoms with van der Waals surface area (Å²) in [6, 6.07) is 0. The van der Waals surface area contributed by atoms with Crippen LogP contribution in [0.1, 0.15) is 42.2 Å². The molecule has 22 heavy (non-hydrogen) atoms. The van der Waals surface area contributed by atoms with Gasteiger partial charge in [0.05, 0.1) is 18.8 Å². The zero-order valence-electron chi connectivity index (χ0n) is 13.7. The van der Waals surface area contributed by atoms with E-state index in [4.69, 9.17) is 0 Å². The number of thiazole rings is 2. The van der Waals surface area contributed by atoms with Crippen LogP contribution in [0.4, 0.5) is 0 Å². The molecule has 0 spiro atoms. The van der Waals surface area contributed by atoms with Crippen molar-refractivity contribution in [1.82, 2.24) is 20.6 Å². The second-order valence-corrected chi connectivity index (χ2v) is 7.92. The summed E-state index contributed by atoms with van der Waals surface area (Å²) in [4.78, 5) is 13.3. The molecule has 0 aliphatic heterocycles. The summed E-state index contributed by atoms with van der Waals surface area (Å²) in [7, 11) is 1.77. The summed E-state index contributed by atoms with van der Waals surface area (Å²) in [6.07, 6.45) is 0. The Morgan fingerprint density at radius 3 is 2.14 bits per heavy atom. The zero-order chi connectivity index (χ0) is 16.2. The van der Waals surface area contributed by atoms with E-state index in [2.05, 4.69) is 57.1 Å². The first-order chi connectivity index (χ1) is 10.4. The lowest BCUT2D eigenvalue weighted by Crippen LogP contribution is -2.36. The number of hydrogen-bond donors (Lipinski definition) is 2. The second-order valence-electron chi connectivity index (χ2n) is 6.04. The van der Waals surface area contributed by atoms with E-state index < -0.39 is 0 Å². The Morgan fingerprint density at radius 2 is 1.68 bits per heavy atom. The quantitative estimate of drug-likeness (QED) is 0.665. The minimum atomic E-state index is 0.0946. The van der Waals surface area contributed by atoms with Crippen molar-refractivity contribution in [2.45, 2.75) is 46.2 Å².